The molecule has 6 heteroatoms. The van der Waals surface area contributed by atoms with E-state index in [4.69, 9.17) is 15.0 Å². The molecule has 102 valence electrons. The third kappa shape index (κ3) is 4.03. The van der Waals surface area contributed by atoms with Crippen molar-refractivity contribution in [3.8, 4) is 0 Å². The fraction of sp³-hybridized carbons (Fsp3) is 0.667. The van der Waals surface area contributed by atoms with Crippen LogP contribution in [-0.4, -0.2) is 23.4 Å². The number of hydrogen-bond donors (Lipinski definition) is 2. The summed E-state index contributed by atoms with van der Waals surface area (Å²) in [4.78, 5) is 11.5. The van der Waals surface area contributed by atoms with Crippen LogP contribution in [0.1, 0.15) is 43.8 Å². The van der Waals surface area contributed by atoms with Gasteiger partial charge in [0.05, 0.1) is 11.7 Å². The van der Waals surface area contributed by atoms with Gasteiger partial charge < -0.3 is 20.3 Å². The van der Waals surface area contributed by atoms with Gasteiger partial charge in [-0.1, -0.05) is 5.16 Å². The first kappa shape index (κ1) is 14.5. The van der Waals surface area contributed by atoms with Crippen molar-refractivity contribution in [3.63, 3.8) is 0 Å². The average Bonchev–Trinajstić information content (AvgIpc) is 2.53. The first-order valence-corrected chi connectivity index (χ1v) is 5.86. The lowest BCUT2D eigenvalue weighted by Gasteiger charge is -2.20. The molecule has 0 spiro atoms. The summed E-state index contributed by atoms with van der Waals surface area (Å²) in [7, 11) is 0. The molecule has 1 rings (SSSR count). The Balaban J connectivity index is 2.52. The molecule has 0 saturated carbocycles. The number of nitrogens with zero attached hydrogens (tertiary/aromatic N) is 1. The van der Waals surface area contributed by atoms with E-state index in [0.29, 0.717) is 5.76 Å². The Morgan fingerprint density at radius 2 is 2.11 bits per heavy atom. The SMILES string of the molecule is Cc1noc(C)c1C(N)CNC(=O)OC(C)(C)C. The second-order valence-electron chi connectivity index (χ2n) is 5.23. The largest absolute Gasteiger partial charge is 0.444 e. The van der Waals surface area contributed by atoms with Crippen LogP contribution in [0.5, 0.6) is 0 Å². The summed E-state index contributed by atoms with van der Waals surface area (Å²) in [6.07, 6.45) is -0.482. The number of hydrogen-bond acceptors (Lipinski definition) is 5. The lowest BCUT2D eigenvalue weighted by atomic mass is 10.1. The van der Waals surface area contributed by atoms with Crippen LogP contribution in [0.2, 0.25) is 0 Å². The van der Waals surface area contributed by atoms with Crippen LogP contribution in [0.25, 0.3) is 0 Å². The fourth-order valence-corrected chi connectivity index (χ4v) is 1.63. The van der Waals surface area contributed by atoms with E-state index in [1.807, 2.05) is 6.92 Å². The van der Waals surface area contributed by atoms with Crippen molar-refractivity contribution in [1.82, 2.24) is 10.5 Å². The molecule has 6 nitrogen and oxygen atoms in total. The molecule has 0 bridgehead atoms. The highest BCUT2D eigenvalue weighted by molar-refractivity contribution is 5.67. The van der Waals surface area contributed by atoms with E-state index in [2.05, 4.69) is 10.5 Å². The molecule has 3 N–H and O–H groups in total. The van der Waals surface area contributed by atoms with Crippen molar-refractivity contribution in [2.24, 2.45) is 5.73 Å². The number of amides is 1. The molecule has 1 amide bonds. The van der Waals surface area contributed by atoms with Crippen molar-refractivity contribution < 1.29 is 14.1 Å². The number of carbonyl (C=O) groups is 1. The number of nitrogens with one attached hydrogen (secondary N) is 1. The molecule has 0 aliphatic heterocycles. The van der Waals surface area contributed by atoms with Crippen LogP contribution in [0.15, 0.2) is 4.52 Å². The van der Waals surface area contributed by atoms with E-state index in [0.717, 1.165) is 11.3 Å². The van der Waals surface area contributed by atoms with Gasteiger partial charge in [0.25, 0.3) is 0 Å². The Kier molecular flexibility index (Phi) is 4.34. The number of nitrogens with two attached hydrogens (primary N) is 1. The van der Waals surface area contributed by atoms with E-state index >= 15 is 0 Å². The lowest BCUT2D eigenvalue weighted by molar-refractivity contribution is 0.0524. The maximum absolute atomic E-state index is 11.5. The first-order valence-electron chi connectivity index (χ1n) is 5.86. The number of carbonyl (C=O) groups excluding carboxylic acids is 1. The standard InChI is InChI=1S/C12H21N3O3/c1-7-10(8(2)18-15-7)9(13)6-14-11(16)17-12(3,4)5/h9H,6,13H2,1-5H3,(H,14,16). The van der Waals surface area contributed by atoms with Gasteiger partial charge in [0.1, 0.15) is 11.4 Å². The number of ether oxygens (including phenoxy) is 1. The van der Waals surface area contributed by atoms with Gasteiger partial charge in [0, 0.05) is 12.1 Å². The van der Waals surface area contributed by atoms with Gasteiger partial charge >= 0.3 is 6.09 Å². The van der Waals surface area contributed by atoms with Crippen LogP contribution < -0.4 is 11.1 Å². The molecule has 0 aromatic carbocycles. The zero-order valence-corrected chi connectivity index (χ0v) is 11.5. The molecule has 1 heterocycles. The molecule has 0 saturated heterocycles. The van der Waals surface area contributed by atoms with E-state index in [1.165, 1.54) is 0 Å². The number of aromatic nitrogens is 1. The van der Waals surface area contributed by atoms with E-state index in [9.17, 15) is 4.79 Å². The minimum Gasteiger partial charge on any atom is -0.444 e. The highest BCUT2D eigenvalue weighted by Gasteiger charge is 2.20. The number of rotatable bonds is 3. The van der Waals surface area contributed by atoms with Crippen LogP contribution in [-0.2, 0) is 4.74 Å². The smallest absolute Gasteiger partial charge is 0.407 e. The molecule has 1 atom stereocenters. The van der Waals surface area contributed by atoms with Crippen molar-refractivity contribution in [1.29, 1.82) is 0 Å². The minimum absolute atomic E-state index is 0.276. The zero-order valence-electron chi connectivity index (χ0n) is 11.5. The monoisotopic (exact) mass is 255 g/mol. The van der Waals surface area contributed by atoms with Gasteiger partial charge in [0.15, 0.2) is 0 Å². The number of aryl methyl sites for hydroxylation is 2. The lowest BCUT2D eigenvalue weighted by Crippen LogP contribution is -2.36. The van der Waals surface area contributed by atoms with E-state index in [1.54, 1.807) is 27.7 Å². The van der Waals surface area contributed by atoms with Gasteiger partial charge in [-0.05, 0) is 34.6 Å². The molecule has 0 radical (unpaired) electrons. The van der Waals surface area contributed by atoms with Gasteiger partial charge in [-0.2, -0.15) is 0 Å². The third-order valence-electron chi connectivity index (χ3n) is 2.32. The highest BCUT2D eigenvalue weighted by Crippen LogP contribution is 2.18. The normalized spacial score (nSPS) is 13.2. The molecule has 1 aromatic heterocycles. The van der Waals surface area contributed by atoms with Gasteiger partial charge in [-0.25, -0.2) is 4.79 Å². The summed E-state index contributed by atoms with van der Waals surface area (Å²) in [6.45, 7) is 9.31. The topological polar surface area (TPSA) is 90.4 Å². The summed E-state index contributed by atoms with van der Waals surface area (Å²) in [5.74, 6) is 0.672. The Morgan fingerprint density at radius 1 is 1.50 bits per heavy atom. The molecular weight excluding hydrogens is 234 g/mol. The Labute approximate surface area is 107 Å². The van der Waals surface area contributed by atoms with Crippen molar-refractivity contribution in [2.75, 3.05) is 6.54 Å². The summed E-state index contributed by atoms with van der Waals surface area (Å²) >= 11 is 0. The maximum Gasteiger partial charge on any atom is 0.407 e. The number of alkyl carbamates (subject to hydrolysis) is 1. The Bertz CT molecular complexity index is 401. The Morgan fingerprint density at radius 3 is 2.56 bits per heavy atom. The van der Waals surface area contributed by atoms with Crippen molar-refractivity contribution in [3.05, 3.63) is 17.0 Å². The van der Waals surface area contributed by atoms with Crippen LogP contribution in [0.4, 0.5) is 4.79 Å². The molecule has 0 aliphatic carbocycles. The minimum atomic E-state index is -0.517. The van der Waals surface area contributed by atoms with Gasteiger partial charge in [-0.3, -0.25) is 0 Å². The molecule has 0 aliphatic rings. The molecule has 1 unspecified atom stereocenters. The van der Waals surface area contributed by atoms with E-state index in [-0.39, 0.29) is 12.6 Å². The summed E-state index contributed by atoms with van der Waals surface area (Å²) in [5, 5.41) is 6.45. The second kappa shape index (κ2) is 5.39. The van der Waals surface area contributed by atoms with E-state index < -0.39 is 11.7 Å². The van der Waals surface area contributed by atoms with Gasteiger partial charge in [-0.15, -0.1) is 0 Å². The molecular formula is C12H21N3O3. The quantitative estimate of drug-likeness (QED) is 0.859. The molecule has 1 aromatic rings. The predicted octanol–water partition coefficient (Wildman–Crippen LogP) is 1.82. The second-order valence-corrected chi connectivity index (χ2v) is 5.23. The zero-order chi connectivity index (χ0) is 13.9. The maximum atomic E-state index is 11.5. The summed E-state index contributed by atoms with van der Waals surface area (Å²) in [5.41, 5.74) is 7.03. The third-order valence-corrected chi connectivity index (χ3v) is 2.32. The highest BCUT2D eigenvalue weighted by atomic mass is 16.6. The first-order chi connectivity index (χ1) is 8.20. The van der Waals surface area contributed by atoms with Gasteiger partial charge in [0.2, 0.25) is 0 Å². The van der Waals surface area contributed by atoms with Crippen LogP contribution >= 0.6 is 0 Å². The molecule has 18 heavy (non-hydrogen) atoms. The van der Waals surface area contributed by atoms with Crippen LogP contribution in [0.3, 0.4) is 0 Å². The van der Waals surface area contributed by atoms with Crippen molar-refractivity contribution >= 4 is 6.09 Å². The summed E-state index contributed by atoms with van der Waals surface area (Å²) in [6, 6.07) is -0.358. The van der Waals surface area contributed by atoms with Crippen molar-refractivity contribution in [2.45, 2.75) is 46.3 Å². The fourth-order valence-electron chi connectivity index (χ4n) is 1.63. The predicted molar refractivity (Wildman–Crippen MR) is 67.1 cm³/mol. The molecule has 0 fully saturated rings. The Hall–Kier alpha value is -1.56. The van der Waals surface area contributed by atoms with Crippen LogP contribution in [0, 0.1) is 13.8 Å². The summed E-state index contributed by atoms with van der Waals surface area (Å²) < 4.78 is 10.2. The average molecular weight is 255 g/mol.